The standard InChI is InChI=1S/C9H21Si/c1-9(2)7-6-8-10(3,4)5/h6-8H2,1-5H3. The minimum atomic E-state index is -0.737. The molecule has 0 aliphatic carbocycles. The average Bonchev–Trinajstić information content (AvgIpc) is 1.59. The van der Waals surface area contributed by atoms with E-state index in [-0.39, 0.29) is 0 Å². The quantitative estimate of drug-likeness (QED) is 0.546. The van der Waals surface area contributed by atoms with E-state index in [1.165, 1.54) is 18.9 Å². The van der Waals surface area contributed by atoms with Crippen molar-refractivity contribution in [3.8, 4) is 0 Å². The summed E-state index contributed by atoms with van der Waals surface area (Å²) in [6.45, 7) is 11.8. The van der Waals surface area contributed by atoms with E-state index >= 15 is 0 Å². The monoisotopic (exact) mass is 157 g/mol. The molecule has 0 aliphatic rings. The maximum absolute atomic E-state index is 2.44. The lowest BCUT2D eigenvalue weighted by molar-refractivity contribution is 0.797. The van der Waals surface area contributed by atoms with Gasteiger partial charge in [0.05, 0.1) is 0 Å². The van der Waals surface area contributed by atoms with Gasteiger partial charge in [0.2, 0.25) is 0 Å². The van der Waals surface area contributed by atoms with E-state index in [9.17, 15) is 0 Å². The van der Waals surface area contributed by atoms with Crippen LogP contribution in [0.25, 0.3) is 0 Å². The van der Waals surface area contributed by atoms with E-state index in [0.717, 1.165) is 0 Å². The fourth-order valence-corrected chi connectivity index (χ4v) is 2.21. The molecule has 0 fully saturated rings. The molecule has 0 aromatic carbocycles. The van der Waals surface area contributed by atoms with Crippen LogP contribution in [0, 0.1) is 5.92 Å². The summed E-state index contributed by atoms with van der Waals surface area (Å²) < 4.78 is 0. The van der Waals surface area contributed by atoms with Gasteiger partial charge in [0, 0.05) is 8.07 Å². The normalized spacial score (nSPS) is 12.6. The maximum atomic E-state index is 2.44. The molecule has 0 saturated carbocycles. The molecule has 0 aromatic rings. The number of hydrogen-bond donors (Lipinski definition) is 0. The van der Waals surface area contributed by atoms with Crippen molar-refractivity contribution in [2.24, 2.45) is 0 Å². The Labute approximate surface area is 67.0 Å². The molecule has 0 saturated heterocycles. The van der Waals surface area contributed by atoms with E-state index in [1.807, 2.05) is 0 Å². The van der Waals surface area contributed by atoms with Crippen molar-refractivity contribution in [1.82, 2.24) is 0 Å². The van der Waals surface area contributed by atoms with Gasteiger partial charge in [-0.2, -0.15) is 0 Å². The summed E-state index contributed by atoms with van der Waals surface area (Å²) in [7, 11) is -0.737. The Morgan fingerprint density at radius 1 is 1.10 bits per heavy atom. The molecule has 0 nitrogen and oxygen atoms in total. The van der Waals surface area contributed by atoms with Crippen LogP contribution in [0.4, 0.5) is 0 Å². The Hall–Kier alpha value is 0.217. The smallest absolute Gasteiger partial charge is 0.0442 e. The molecule has 0 amide bonds. The summed E-state index contributed by atoms with van der Waals surface area (Å²) in [5, 5.41) is 0. The van der Waals surface area contributed by atoms with E-state index in [0.29, 0.717) is 0 Å². The Balaban J connectivity index is 3.21. The highest BCUT2D eigenvalue weighted by atomic mass is 28.3. The lowest BCUT2D eigenvalue weighted by Gasteiger charge is -2.15. The summed E-state index contributed by atoms with van der Waals surface area (Å²) >= 11 is 0. The average molecular weight is 157 g/mol. The zero-order valence-corrected chi connectivity index (χ0v) is 9.12. The highest BCUT2D eigenvalue weighted by Gasteiger charge is 2.11. The van der Waals surface area contributed by atoms with Gasteiger partial charge < -0.3 is 0 Å². The molecule has 0 rings (SSSR count). The molecule has 0 atom stereocenters. The van der Waals surface area contributed by atoms with Gasteiger partial charge in [-0.25, -0.2) is 0 Å². The maximum Gasteiger partial charge on any atom is 0.0442 e. The van der Waals surface area contributed by atoms with Crippen molar-refractivity contribution >= 4 is 8.07 Å². The molecular formula is C9H21Si. The third kappa shape index (κ3) is 8.22. The van der Waals surface area contributed by atoms with Crippen LogP contribution in [0.5, 0.6) is 0 Å². The van der Waals surface area contributed by atoms with Crippen molar-refractivity contribution in [1.29, 1.82) is 0 Å². The first-order valence-electron chi connectivity index (χ1n) is 4.21. The third-order valence-electron chi connectivity index (χ3n) is 1.60. The van der Waals surface area contributed by atoms with Gasteiger partial charge in [-0.3, -0.25) is 0 Å². The summed E-state index contributed by atoms with van der Waals surface area (Å²) in [4.78, 5) is 0. The van der Waals surface area contributed by atoms with Crippen LogP contribution in [0.3, 0.4) is 0 Å². The first-order valence-corrected chi connectivity index (χ1v) is 7.91. The predicted octanol–water partition coefficient (Wildman–Crippen LogP) is 3.72. The molecule has 0 aromatic heterocycles. The van der Waals surface area contributed by atoms with Crippen molar-refractivity contribution in [3.63, 3.8) is 0 Å². The third-order valence-corrected chi connectivity index (χ3v) is 3.46. The van der Waals surface area contributed by atoms with E-state index < -0.39 is 8.07 Å². The summed E-state index contributed by atoms with van der Waals surface area (Å²) in [6, 6.07) is 1.48. The first-order chi connectivity index (χ1) is 4.42. The molecule has 0 aliphatic heterocycles. The van der Waals surface area contributed by atoms with E-state index in [4.69, 9.17) is 0 Å². The van der Waals surface area contributed by atoms with Crippen LogP contribution in [0.1, 0.15) is 26.7 Å². The van der Waals surface area contributed by atoms with Crippen molar-refractivity contribution in [2.45, 2.75) is 52.4 Å². The van der Waals surface area contributed by atoms with Crippen molar-refractivity contribution < 1.29 is 0 Å². The van der Waals surface area contributed by atoms with Crippen LogP contribution in [0.15, 0.2) is 0 Å². The minimum Gasteiger partial charge on any atom is -0.0695 e. The molecule has 1 radical (unpaired) electrons. The van der Waals surface area contributed by atoms with Gasteiger partial charge in [0.1, 0.15) is 0 Å². The summed E-state index contributed by atoms with van der Waals surface area (Å²) in [6.07, 6.45) is 2.75. The van der Waals surface area contributed by atoms with Gasteiger partial charge in [0.25, 0.3) is 0 Å². The molecule has 0 unspecified atom stereocenters. The second kappa shape index (κ2) is 4.17. The van der Waals surface area contributed by atoms with Gasteiger partial charge in [-0.05, 0) is 12.3 Å². The van der Waals surface area contributed by atoms with Crippen LogP contribution in [0.2, 0.25) is 25.7 Å². The summed E-state index contributed by atoms with van der Waals surface area (Å²) in [5.74, 6) is 1.58. The number of rotatable bonds is 4. The van der Waals surface area contributed by atoms with Gasteiger partial charge >= 0.3 is 0 Å². The highest BCUT2D eigenvalue weighted by Crippen LogP contribution is 2.16. The Morgan fingerprint density at radius 2 is 1.60 bits per heavy atom. The Kier molecular flexibility index (Phi) is 4.26. The van der Waals surface area contributed by atoms with Crippen molar-refractivity contribution in [3.05, 3.63) is 5.92 Å². The molecule has 0 spiro atoms. The second-order valence-electron chi connectivity index (χ2n) is 4.62. The van der Waals surface area contributed by atoms with Crippen molar-refractivity contribution in [2.75, 3.05) is 0 Å². The van der Waals surface area contributed by atoms with Gasteiger partial charge in [0.15, 0.2) is 0 Å². The largest absolute Gasteiger partial charge is 0.0695 e. The Morgan fingerprint density at radius 3 is 1.90 bits per heavy atom. The first kappa shape index (κ1) is 10.2. The second-order valence-corrected chi connectivity index (χ2v) is 10.2. The van der Waals surface area contributed by atoms with Crippen LogP contribution >= 0.6 is 0 Å². The molecule has 10 heavy (non-hydrogen) atoms. The fraction of sp³-hybridized carbons (Fsp3) is 0.889. The molecule has 0 N–H and O–H groups in total. The van der Waals surface area contributed by atoms with Crippen LogP contribution in [-0.4, -0.2) is 8.07 Å². The van der Waals surface area contributed by atoms with Gasteiger partial charge in [-0.15, -0.1) is 0 Å². The number of hydrogen-bond acceptors (Lipinski definition) is 0. The van der Waals surface area contributed by atoms with E-state index in [1.54, 1.807) is 5.92 Å². The zero-order valence-electron chi connectivity index (χ0n) is 8.12. The summed E-state index contributed by atoms with van der Waals surface area (Å²) in [5.41, 5.74) is 0. The zero-order chi connectivity index (χ0) is 8.20. The van der Waals surface area contributed by atoms with E-state index in [2.05, 4.69) is 33.5 Å². The lowest BCUT2D eigenvalue weighted by atomic mass is 10.1. The lowest BCUT2D eigenvalue weighted by Crippen LogP contribution is -2.18. The molecule has 0 heterocycles. The molecular weight excluding hydrogens is 136 g/mol. The fourth-order valence-electron chi connectivity index (χ4n) is 0.972. The van der Waals surface area contributed by atoms with Crippen LogP contribution < -0.4 is 0 Å². The molecule has 1 heteroatoms. The molecule has 0 bridgehead atoms. The SMILES string of the molecule is C[C](C)CCC[Si](C)(C)C. The molecule has 61 valence electrons. The minimum absolute atomic E-state index is 0.737. The Bertz CT molecular complexity index is 79.2. The predicted molar refractivity (Wildman–Crippen MR) is 52.0 cm³/mol. The highest BCUT2D eigenvalue weighted by molar-refractivity contribution is 6.76. The van der Waals surface area contributed by atoms with Crippen LogP contribution in [-0.2, 0) is 0 Å². The van der Waals surface area contributed by atoms with Gasteiger partial charge in [-0.1, -0.05) is 46.0 Å². The topological polar surface area (TPSA) is 0 Å².